The number of piperidine rings is 1. The molecule has 118 valence electrons. The van der Waals surface area contributed by atoms with Crippen LogP contribution < -0.4 is 0 Å². The number of fused-ring (bicyclic) bond motifs is 1. The van der Waals surface area contributed by atoms with E-state index in [0.717, 1.165) is 12.8 Å². The fraction of sp³-hybridized carbons (Fsp3) is 0.733. The van der Waals surface area contributed by atoms with Crippen molar-refractivity contribution in [1.29, 1.82) is 0 Å². The molecule has 0 spiro atoms. The third-order valence-electron chi connectivity index (χ3n) is 5.14. The number of hydrogen-bond donors (Lipinski definition) is 1. The Kier molecular flexibility index (Phi) is 4.12. The van der Waals surface area contributed by atoms with Gasteiger partial charge in [0.15, 0.2) is 0 Å². The molecule has 6 heteroatoms. The Balaban J connectivity index is 1.81. The van der Waals surface area contributed by atoms with Crippen LogP contribution in [0, 0.1) is 11.8 Å². The predicted molar refractivity (Wildman–Crippen MR) is 80.2 cm³/mol. The topological polar surface area (TPSA) is 62.5 Å². The second-order valence-electron chi connectivity index (χ2n) is 6.39. The highest BCUT2D eigenvalue weighted by molar-refractivity contribution is 7.89. The van der Waals surface area contributed by atoms with Crippen LogP contribution in [-0.2, 0) is 23.7 Å². The maximum Gasteiger partial charge on any atom is 0.244 e. The highest BCUT2D eigenvalue weighted by atomic mass is 32.2. The molecule has 0 radical (unpaired) electrons. The number of hydrogen-bond acceptors (Lipinski definition) is 3. The molecule has 3 rings (SSSR count). The van der Waals surface area contributed by atoms with Gasteiger partial charge in [-0.15, -0.1) is 0 Å². The van der Waals surface area contributed by atoms with E-state index < -0.39 is 10.0 Å². The van der Waals surface area contributed by atoms with Crippen LogP contribution in [-0.4, -0.2) is 35.5 Å². The average Bonchev–Trinajstić information content (AvgIpc) is 2.88. The minimum absolute atomic E-state index is 0.142. The van der Waals surface area contributed by atoms with Crippen molar-refractivity contribution in [2.45, 2.75) is 43.6 Å². The van der Waals surface area contributed by atoms with E-state index in [1.807, 2.05) is 0 Å². The van der Waals surface area contributed by atoms with Gasteiger partial charge in [0, 0.05) is 32.0 Å². The first-order valence-corrected chi connectivity index (χ1v) is 9.22. The van der Waals surface area contributed by atoms with Gasteiger partial charge in [0.25, 0.3) is 0 Å². The second-order valence-corrected chi connectivity index (χ2v) is 8.33. The number of aromatic nitrogens is 1. The Morgan fingerprint density at radius 1 is 1.24 bits per heavy atom. The summed E-state index contributed by atoms with van der Waals surface area (Å²) in [5.74, 6) is 1.25. The summed E-state index contributed by atoms with van der Waals surface area (Å²) < 4.78 is 28.9. The average molecular weight is 312 g/mol. The Labute approximate surface area is 126 Å². The van der Waals surface area contributed by atoms with Crippen molar-refractivity contribution in [2.75, 3.05) is 13.1 Å². The lowest BCUT2D eigenvalue weighted by molar-refractivity contribution is 0.136. The van der Waals surface area contributed by atoms with Crippen LogP contribution in [0.2, 0.25) is 0 Å². The Morgan fingerprint density at radius 3 is 2.62 bits per heavy atom. The Bertz CT molecular complexity index is 608. The Hall–Kier alpha value is -0.850. The van der Waals surface area contributed by atoms with Crippen molar-refractivity contribution >= 4 is 10.0 Å². The number of sulfonamides is 1. The van der Waals surface area contributed by atoms with Crippen molar-refractivity contribution in [3.63, 3.8) is 0 Å². The van der Waals surface area contributed by atoms with Crippen molar-refractivity contribution in [3.05, 3.63) is 18.0 Å². The fourth-order valence-corrected chi connectivity index (χ4v) is 5.42. The van der Waals surface area contributed by atoms with Gasteiger partial charge in [-0.1, -0.05) is 19.3 Å². The molecule has 1 aromatic heterocycles. The van der Waals surface area contributed by atoms with Crippen LogP contribution in [0.1, 0.15) is 37.8 Å². The van der Waals surface area contributed by atoms with Crippen LogP contribution in [0.5, 0.6) is 0 Å². The van der Waals surface area contributed by atoms with E-state index in [-0.39, 0.29) is 6.61 Å². The van der Waals surface area contributed by atoms with Gasteiger partial charge in [0.05, 0.1) is 6.61 Å². The second kappa shape index (κ2) is 5.74. The molecule has 2 heterocycles. The molecule has 1 aliphatic heterocycles. The molecule has 1 aromatic rings. The van der Waals surface area contributed by atoms with Crippen molar-refractivity contribution in [3.8, 4) is 0 Å². The molecule has 1 N–H and O–H groups in total. The molecule has 1 saturated carbocycles. The first-order valence-electron chi connectivity index (χ1n) is 7.78. The molecule has 0 bridgehead atoms. The lowest BCUT2D eigenvalue weighted by atomic mass is 9.76. The fourth-order valence-electron chi connectivity index (χ4n) is 3.81. The molecule has 0 aromatic carbocycles. The van der Waals surface area contributed by atoms with E-state index in [4.69, 9.17) is 0 Å². The minimum Gasteiger partial charge on any atom is -0.390 e. The first-order chi connectivity index (χ1) is 10.0. The largest absolute Gasteiger partial charge is 0.390 e. The molecule has 2 atom stereocenters. The van der Waals surface area contributed by atoms with E-state index in [1.54, 1.807) is 28.2 Å². The van der Waals surface area contributed by atoms with E-state index in [0.29, 0.717) is 35.5 Å². The molecule has 2 fully saturated rings. The van der Waals surface area contributed by atoms with Gasteiger partial charge in [0.1, 0.15) is 4.90 Å². The quantitative estimate of drug-likeness (QED) is 0.924. The SMILES string of the molecule is Cn1cc(S(=O)(=O)N2CCC3CCCCC3C2)cc1CO. The summed E-state index contributed by atoms with van der Waals surface area (Å²) in [6.45, 7) is 1.15. The number of aliphatic hydroxyl groups is 1. The summed E-state index contributed by atoms with van der Waals surface area (Å²) in [5.41, 5.74) is 0.626. The van der Waals surface area contributed by atoms with Crippen molar-refractivity contribution in [2.24, 2.45) is 18.9 Å². The predicted octanol–water partition coefficient (Wildman–Crippen LogP) is 1.72. The summed E-state index contributed by atoms with van der Waals surface area (Å²) in [7, 11) is -1.66. The summed E-state index contributed by atoms with van der Waals surface area (Å²) in [5, 5.41) is 9.23. The van der Waals surface area contributed by atoms with Crippen molar-refractivity contribution in [1.82, 2.24) is 8.87 Å². The molecule has 2 aliphatic rings. The maximum absolute atomic E-state index is 12.8. The van der Waals surface area contributed by atoms with E-state index in [2.05, 4.69) is 0 Å². The van der Waals surface area contributed by atoms with Gasteiger partial charge in [0.2, 0.25) is 10.0 Å². The smallest absolute Gasteiger partial charge is 0.244 e. The summed E-state index contributed by atoms with van der Waals surface area (Å²) in [4.78, 5) is 0.309. The zero-order valence-electron chi connectivity index (χ0n) is 12.5. The zero-order chi connectivity index (χ0) is 15.0. The van der Waals surface area contributed by atoms with Gasteiger partial charge in [-0.3, -0.25) is 0 Å². The highest BCUT2D eigenvalue weighted by Gasteiger charge is 2.36. The van der Waals surface area contributed by atoms with Crippen molar-refractivity contribution < 1.29 is 13.5 Å². The molecular formula is C15H24N2O3S. The van der Waals surface area contributed by atoms with E-state index in [9.17, 15) is 13.5 Å². The van der Waals surface area contributed by atoms with Crippen LogP contribution in [0.25, 0.3) is 0 Å². The van der Waals surface area contributed by atoms with Crippen LogP contribution in [0.4, 0.5) is 0 Å². The van der Waals surface area contributed by atoms with Gasteiger partial charge < -0.3 is 9.67 Å². The first kappa shape index (κ1) is 15.1. The lowest BCUT2D eigenvalue weighted by Gasteiger charge is -2.40. The summed E-state index contributed by atoms with van der Waals surface area (Å²) in [6.07, 6.45) is 7.55. The van der Waals surface area contributed by atoms with Crippen LogP contribution >= 0.6 is 0 Å². The molecule has 1 aliphatic carbocycles. The zero-order valence-corrected chi connectivity index (χ0v) is 13.3. The number of nitrogens with zero attached hydrogens (tertiary/aromatic N) is 2. The normalized spacial score (nSPS) is 27.5. The maximum atomic E-state index is 12.8. The van der Waals surface area contributed by atoms with Gasteiger partial charge >= 0.3 is 0 Å². The van der Waals surface area contributed by atoms with Crippen LogP contribution in [0.3, 0.4) is 0 Å². The van der Waals surface area contributed by atoms with Crippen LogP contribution in [0.15, 0.2) is 17.2 Å². The molecule has 1 saturated heterocycles. The molecule has 0 amide bonds. The molecule has 21 heavy (non-hydrogen) atoms. The molecule has 2 unspecified atom stereocenters. The van der Waals surface area contributed by atoms with Gasteiger partial charge in [-0.2, -0.15) is 4.31 Å². The summed E-state index contributed by atoms with van der Waals surface area (Å²) >= 11 is 0. The summed E-state index contributed by atoms with van der Waals surface area (Å²) in [6, 6.07) is 1.59. The monoisotopic (exact) mass is 312 g/mol. The third kappa shape index (κ3) is 2.76. The lowest BCUT2D eigenvalue weighted by Crippen LogP contribution is -2.44. The number of aliphatic hydroxyl groups excluding tert-OH is 1. The number of rotatable bonds is 3. The molecule has 5 nitrogen and oxygen atoms in total. The Morgan fingerprint density at radius 2 is 1.95 bits per heavy atom. The standard InChI is InChI=1S/C15H24N2O3S/c1-16-10-15(8-14(16)11-18)21(19,20)17-7-6-12-4-2-3-5-13(12)9-17/h8,10,12-13,18H,2-7,9,11H2,1H3. The van der Waals surface area contributed by atoms with Gasteiger partial charge in [-0.25, -0.2) is 8.42 Å². The van der Waals surface area contributed by atoms with Gasteiger partial charge in [-0.05, 0) is 30.7 Å². The molecular weight excluding hydrogens is 288 g/mol. The highest BCUT2D eigenvalue weighted by Crippen LogP contribution is 2.37. The third-order valence-corrected chi connectivity index (χ3v) is 6.97. The minimum atomic E-state index is -3.42. The van der Waals surface area contributed by atoms with E-state index >= 15 is 0 Å². The number of aryl methyl sites for hydroxylation is 1. The van der Waals surface area contributed by atoms with E-state index in [1.165, 1.54) is 19.3 Å².